The summed E-state index contributed by atoms with van der Waals surface area (Å²) in [5, 5.41) is 18.9. The quantitative estimate of drug-likeness (QED) is 0.661. The Morgan fingerprint density at radius 3 is 1.83 bits per heavy atom. The van der Waals surface area contributed by atoms with Crippen LogP contribution in [0.3, 0.4) is 0 Å². The van der Waals surface area contributed by atoms with Crippen LogP contribution in [0.2, 0.25) is 0 Å². The van der Waals surface area contributed by atoms with Gasteiger partial charge in [0.2, 0.25) is 11.8 Å². The van der Waals surface area contributed by atoms with Crippen molar-refractivity contribution < 1.29 is 41.4 Å². The van der Waals surface area contributed by atoms with Gasteiger partial charge in [-0.05, 0) is 6.92 Å². The number of halogens is 6. The van der Waals surface area contributed by atoms with Crippen LogP contribution in [0.4, 0.5) is 26.3 Å². The summed E-state index contributed by atoms with van der Waals surface area (Å²) in [6.45, 7) is -0.940. The van der Waals surface area contributed by atoms with Gasteiger partial charge < -0.3 is 15.5 Å². The number of aliphatic hydroxyl groups excluding tert-OH is 1. The van der Waals surface area contributed by atoms with Crippen LogP contribution in [0.15, 0.2) is 0 Å². The highest BCUT2D eigenvalue weighted by Gasteiger charge is 2.61. The standard InChI is InChI=1S/C8H11F6NO3/c1-6(18,3-16)2-15-5(17)4(7(9,10)11)8(12,13)14/h4,16,18H,2-3H2,1H3,(H,15,17). The minimum Gasteiger partial charge on any atom is -0.393 e. The maximum Gasteiger partial charge on any atom is 0.409 e. The topological polar surface area (TPSA) is 69.6 Å². The molecule has 0 aliphatic carbocycles. The molecule has 0 radical (unpaired) electrons. The number of hydrogen-bond acceptors (Lipinski definition) is 3. The van der Waals surface area contributed by atoms with Crippen molar-refractivity contribution >= 4 is 5.91 Å². The highest BCUT2D eigenvalue weighted by Crippen LogP contribution is 2.39. The Bertz CT molecular complexity index is 284. The van der Waals surface area contributed by atoms with Gasteiger partial charge >= 0.3 is 12.4 Å². The van der Waals surface area contributed by atoms with E-state index in [1.54, 1.807) is 0 Å². The molecule has 0 saturated heterocycles. The van der Waals surface area contributed by atoms with E-state index < -0.39 is 42.9 Å². The molecule has 0 aromatic heterocycles. The zero-order chi connectivity index (χ0) is 14.8. The number of amides is 1. The molecule has 3 N–H and O–H groups in total. The summed E-state index contributed by atoms with van der Waals surface area (Å²) >= 11 is 0. The number of carbonyl (C=O) groups excluding carboxylic acids is 1. The molecule has 18 heavy (non-hydrogen) atoms. The molecule has 1 amide bonds. The zero-order valence-corrected chi connectivity index (χ0v) is 9.06. The lowest BCUT2D eigenvalue weighted by atomic mass is 10.1. The molecule has 0 aliphatic rings. The van der Waals surface area contributed by atoms with Gasteiger partial charge in [-0.15, -0.1) is 0 Å². The predicted octanol–water partition coefficient (Wildman–Crippen LogP) is 0.587. The number of carbonyl (C=O) groups is 1. The first-order valence-electron chi connectivity index (χ1n) is 4.55. The molecule has 0 aromatic carbocycles. The third kappa shape index (κ3) is 5.08. The van der Waals surface area contributed by atoms with Gasteiger partial charge in [0.05, 0.1) is 6.61 Å². The molecule has 0 fully saturated rings. The lowest BCUT2D eigenvalue weighted by Gasteiger charge is -2.25. The van der Waals surface area contributed by atoms with Gasteiger partial charge in [0.25, 0.3) is 0 Å². The molecular weight excluding hydrogens is 272 g/mol. The van der Waals surface area contributed by atoms with Crippen LogP contribution in [0.25, 0.3) is 0 Å². The van der Waals surface area contributed by atoms with Crippen molar-refractivity contribution in [2.24, 2.45) is 5.92 Å². The number of hydrogen-bond donors (Lipinski definition) is 3. The van der Waals surface area contributed by atoms with Gasteiger partial charge in [0, 0.05) is 6.54 Å². The van der Waals surface area contributed by atoms with Gasteiger partial charge in [-0.25, -0.2) is 0 Å². The molecule has 0 saturated carbocycles. The van der Waals surface area contributed by atoms with Crippen molar-refractivity contribution in [2.45, 2.75) is 24.9 Å². The molecule has 0 bridgehead atoms. The van der Waals surface area contributed by atoms with Gasteiger partial charge in [-0.3, -0.25) is 4.79 Å². The average Bonchev–Trinajstić information content (AvgIpc) is 2.10. The Kier molecular flexibility index (Phi) is 5.00. The van der Waals surface area contributed by atoms with Crippen molar-refractivity contribution in [3.05, 3.63) is 0 Å². The van der Waals surface area contributed by atoms with E-state index >= 15 is 0 Å². The summed E-state index contributed by atoms with van der Waals surface area (Å²) in [7, 11) is 0. The molecule has 1 atom stereocenters. The molecule has 0 spiro atoms. The lowest BCUT2D eigenvalue weighted by molar-refractivity contribution is -0.274. The first-order valence-corrected chi connectivity index (χ1v) is 4.55. The molecular formula is C8H11F6NO3. The van der Waals surface area contributed by atoms with Crippen LogP contribution in [0.1, 0.15) is 6.92 Å². The average molecular weight is 283 g/mol. The van der Waals surface area contributed by atoms with E-state index in [4.69, 9.17) is 10.2 Å². The summed E-state index contributed by atoms with van der Waals surface area (Å²) in [4.78, 5) is 10.9. The van der Waals surface area contributed by atoms with Crippen molar-refractivity contribution in [2.75, 3.05) is 13.2 Å². The van der Waals surface area contributed by atoms with E-state index in [-0.39, 0.29) is 0 Å². The second-order valence-corrected chi connectivity index (χ2v) is 3.89. The summed E-state index contributed by atoms with van der Waals surface area (Å²) < 4.78 is 72.5. The highest BCUT2D eigenvalue weighted by atomic mass is 19.4. The molecule has 0 aromatic rings. The molecule has 0 rings (SSSR count). The third-order valence-corrected chi connectivity index (χ3v) is 1.90. The molecule has 4 nitrogen and oxygen atoms in total. The second-order valence-electron chi connectivity index (χ2n) is 3.89. The van der Waals surface area contributed by atoms with Gasteiger partial charge in [-0.1, -0.05) is 0 Å². The maximum atomic E-state index is 12.1. The smallest absolute Gasteiger partial charge is 0.393 e. The minimum atomic E-state index is -5.78. The second kappa shape index (κ2) is 5.31. The fourth-order valence-electron chi connectivity index (χ4n) is 0.918. The summed E-state index contributed by atoms with van der Waals surface area (Å²) in [6.07, 6.45) is -11.6. The number of aliphatic hydroxyl groups is 2. The first kappa shape index (κ1) is 17.0. The SMILES string of the molecule is CC(O)(CO)CNC(=O)C(C(F)(F)F)C(F)(F)F. The Morgan fingerprint density at radius 2 is 1.56 bits per heavy atom. The predicted molar refractivity (Wildman–Crippen MR) is 46.3 cm³/mol. The maximum absolute atomic E-state index is 12.1. The Balaban J connectivity index is 4.82. The lowest BCUT2D eigenvalue weighted by Crippen LogP contribution is -2.51. The molecule has 0 aliphatic heterocycles. The monoisotopic (exact) mass is 283 g/mol. The summed E-state index contributed by atoms with van der Waals surface area (Å²) in [5.41, 5.74) is -2.00. The van der Waals surface area contributed by atoms with Crippen molar-refractivity contribution in [3.8, 4) is 0 Å². The van der Waals surface area contributed by atoms with Crippen molar-refractivity contribution in [3.63, 3.8) is 0 Å². The van der Waals surface area contributed by atoms with Crippen molar-refractivity contribution in [1.29, 1.82) is 0 Å². The van der Waals surface area contributed by atoms with E-state index in [0.717, 1.165) is 6.92 Å². The molecule has 10 heteroatoms. The van der Waals surface area contributed by atoms with E-state index in [1.807, 2.05) is 0 Å². The fraction of sp³-hybridized carbons (Fsp3) is 0.875. The van der Waals surface area contributed by atoms with E-state index in [1.165, 1.54) is 5.32 Å². The summed E-state index contributed by atoms with van der Waals surface area (Å²) in [5.74, 6) is -6.50. The first-order chi connectivity index (χ1) is 7.81. The number of alkyl halides is 6. The summed E-state index contributed by atoms with van der Waals surface area (Å²) in [6, 6.07) is 0. The van der Waals surface area contributed by atoms with Gasteiger partial charge in [0.1, 0.15) is 5.60 Å². The number of nitrogens with one attached hydrogen (secondary N) is 1. The fourth-order valence-corrected chi connectivity index (χ4v) is 0.918. The van der Waals surface area contributed by atoms with Crippen LogP contribution >= 0.6 is 0 Å². The van der Waals surface area contributed by atoms with Crippen LogP contribution < -0.4 is 5.32 Å². The largest absolute Gasteiger partial charge is 0.409 e. The van der Waals surface area contributed by atoms with Gasteiger partial charge in [0.15, 0.2) is 0 Å². The van der Waals surface area contributed by atoms with Crippen molar-refractivity contribution in [1.82, 2.24) is 5.32 Å². The molecule has 1 unspecified atom stereocenters. The minimum absolute atomic E-state index is 0.934. The third-order valence-electron chi connectivity index (χ3n) is 1.90. The normalized spacial score (nSPS) is 16.6. The van der Waals surface area contributed by atoms with E-state index in [0.29, 0.717) is 0 Å². The highest BCUT2D eigenvalue weighted by molar-refractivity contribution is 5.80. The van der Waals surface area contributed by atoms with E-state index in [2.05, 4.69) is 0 Å². The Labute approximate surface area is 97.6 Å². The van der Waals surface area contributed by atoms with Crippen LogP contribution in [-0.4, -0.2) is 47.2 Å². The Morgan fingerprint density at radius 1 is 1.17 bits per heavy atom. The molecule has 108 valence electrons. The van der Waals surface area contributed by atoms with E-state index in [9.17, 15) is 31.1 Å². The van der Waals surface area contributed by atoms with Gasteiger partial charge in [-0.2, -0.15) is 26.3 Å². The van der Waals surface area contributed by atoms with Crippen LogP contribution in [0, 0.1) is 5.92 Å². The van der Waals surface area contributed by atoms with Crippen LogP contribution in [-0.2, 0) is 4.79 Å². The molecule has 0 heterocycles. The number of rotatable bonds is 4. The Hall–Kier alpha value is -1.03. The van der Waals surface area contributed by atoms with Crippen LogP contribution in [0.5, 0.6) is 0 Å². The zero-order valence-electron chi connectivity index (χ0n) is 9.06.